The Hall–Kier alpha value is -1.06. The molecule has 1 fully saturated rings. The van der Waals surface area contributed by atoms with Gasteiger partial charge in [-0.2, -0.15) is 0 Å². The van der Waals surface area contributed by atoms with Crippen LogP contribution in [-0.4, -0.2) is 16.2 Å². The van der Waals surface area contributed by atoms with E-state index in [0.29, 0.717) is 18.0 Å². The molecular formula is C10H17N3O. The second-order valence-electron chi connectivity index (χ2n) is 3.88. The van der Waals surface area contributed by atoms with Crippen LogP contribution in [-0.2, 0) is 0 Å². The van der Waals surface area contributed by atoms with E-state index in [9.17, 15) is 0 Å². The van der Waals surface area contributed by atoms with Crippen molar-refractivity contribution < 1.29 is 4.42 Å². The summed E-state index contributed by atoms with van der Waals surface area (Å²) in [5.74, 6) is 1.19. The summed E-state index contributed by atoms with van der Waals surface area (Å²) in [6.45, 7) is 4.29. The summed E-state index contributed by atoms with van der Waals surface area (Å²) < 4.78 is 5.55. The highest BCUT2D eigenvalue weighted by Crippen LogP contribution is 2.26. The van der Waals surface area contributed by atoms with E-state index in [1.54, 1.807) is 0 Å². The summed E-state index contributed by atoms with van der Waals surface area (Å²) in [6, 6.07) is 1.17. The molecule has 4 nitrogen and oxygen atoms in total. The van der Waals surface area contributed by atoms with Crippen molar-refractivity contribution in [3.63, 3.8) is 0 Å². The number of nitrogens with zero attached hydrogens (tertiary/aromatic N) is 2. The Labute approximate surface area is 84.1 Å². The third-order valence-electron chi connectivity index (χ3n) is 2.68. The van der Waals surface area contributed by atoms with Crippen LogP contribution in [0.1, 0.15) is 51.3 Å². The predicted octanol–water partition coefficient (Wildman–Crippen LogP) is 2.55. The summed E-state index contributed by atoms with van der Waals surface area (Å²) in [4.78, 5) is 0. The van der Waals surface area contributed by atoms with Gasteiger partial charge in [0.2, 0.25) is 5.89 Å². The largest absolute Gasteiger partial charge is 0.408 e. The van der Waals surface area contributed by atoms with Gasteiger partial charge in [0, 0.05) is 12.0 Å². The standard InChI is InChI=1S/C10H17N3O/c1-3-7(4-2)9-12-13-10(14-9)11-8-5-6-8/h7-8H,3-6H2,1-2H3,(H,11,13). The van der Waals surface area contributed by atoms with E-state index in [-0.39, 0.29) is 0 Å². The maximum atomic E-state index is 5.55. The van der Waals surface area contributed by atoms with Crippen LogP contribution in [0.5, 0.6) is 0 Å². The van der Waals surface area contributed by atoms with Gasteiger partial charge in [-0.1, -0.05) is 18.9 Å². The van der Waals surface area contributed by atoms with Crippen molar-refractivity contribution in [1.82, 2.24) is 10.2 Å². The Morgan fingerprint density at radius 3 is 2.64 bits per heavy atom. The summed E-state index contributed by atoms with van der Waals surface area (Å²) in [5, 5.41) is 11.2. The zero-order valence-corrected chi connectivity index (χ0v) is 8.79. The van der Waals surface area contributed by atoms with Crippen molar-refractivity contribution in [1.29, 1.82) is 0 Å². The van der Waals surface area contributed by atoms with Gasteiger partial charge in [0.05, 0.1) is 0 Å². The van der Waals surface area contributed by atoms with E-state index in [2.05, 4.69) is 29.4 Å². The fraction of sp³-hybridized carbons (Fsp3) is 0.800. The summed E-state index contributed by atoms with van der Waals surface area (Å²) >= 11 is 0. The van der Waals surface area contributed by atoms with E-state index in [0.717, 1.165) is 18.7 Å². The van der Waals surface area contributed by atoms with Gasteiger partial charge in [-0.25, -0.2) is 0 Å². The highest BCUT2D eigenvalue weighted by atomic mass is 16.4. The van der Waals surface area contributed by atoms with Crippen molar-refractivity contribution in [3.8, 4) is 0 Å². The molecule has 1 aliphatic carbocycles. The summed E-state index contributed by atoms with van der Waals surface area (Å²) in [6.07, 6.45) is 4.56. The zero-order valence-electron chi connectivity index (χ0n) is 8.79. The lowest BCUT2D eigenvalue weighted by Crippen LogP contribution is -2.00. The van der Waals surface area contributed by atoms with Crippen molar-refractivity contribution in [2.45, 2.75) is 51.5 Å². The first-order chi connectivity index (χ1) is 6.83. The minimum Gasteiger partial charge on any atom is -0.408 e. The van der Waals surface area contributed by atoms with E-state index in [4.69, 9.17) is 4.42 Å². The molecule has 1 N–H and O–H groups in total. The van der Waals surface area contributed by atoms with Crippen LogP contribution >= 0.6 is 0 Å². The minimum absolute atomic E-state index is 0.414. The van der Waals surface area contributed by atoms with Gasteiger partial charge in [0.1, 0.15) is 0 Å². The van der Waals surface area contributed by atoms with Gasteiger partial charge in [0.25, 0.3) is 0 Å². The molecule has 1 saturated carbocycles. The molecule has 0 atom stereocenters. The lowest BCUT2D eigenvalue weighted by molar-refractivity contribution is 0.439. The highest BCUT2D eigenvalue weighted by Gasteiger charge is 2.24. The van der Waals surface area contributed by atoms with Gasteiger partial charge < -0.3 is 9.73 Å². The van der Waals surface area contributed by atoms with Gasteiger partial charge in [-0.05, 0) is 25.7 Å². The molecule has 78 valence electrons. The van der Waals surface area contributed by atoms with Gasteiger partial charge >= 0.3 is 6.01 Å². The Bertz CT molecular complexity index is 289. The van der Waals surface area contributed by atoms with Crippen molar-refractivity contribution >= 4 is 6.01 Å². The second kappa shape index (κ2) is 3.98. The third-order valence-corrected chi connectivity index (χ3v) is 2.68. The zero-order chi connectivity index (χ0) is 9.97. The Morgan fingerprint density at radius 2 is 2.07 bits per heavy atom. The lowest BCUT2D eigenvalue weighted by Gasteiger charge is -2.04. The lowest BCUT2D eigenvalue weighted by atomic mass is 10.0. The molecule has 0 amide bonds. The molecule has 4 heteroatoms. The van der Waals surface area contributed by atoms with Crippen LogP contribution in [0.2, 0.25) is 0 Å². The highest BCUT2D eigenvalue weighted by molar-refractivity contribution is 5.22. The van der Waals surface area contributed by atoms with Gasteiger partial charge in [0.15, 0.2) is 0 Å². The smallest absolute Gasteiger partial charge is 0.315 e. The molecule has 1 aromatic rings. The molecule has 1 aromatic heterocycles. The van der Waals surface area contributed by atoms with Crippen LogP contribution in [0, 0.1) is 0 Å². The first-order valence-corrected chi connectivity index (χ1v) is 5.43. The summed E-state index contributed by atoms with van der Waals surface area (Å²) in [7, 11) is 0. The fourth-order valence-corrected chi connectivity index (χ4v) is 1.50. The Balaban J connectivity index is 1.99. The number of aromatic nitrogens is 2. The molecule has 1 aliphatic rings. The number of nitrogens with one attached hydrogen (secondary N) is 1. The molecule has 14 heavy (non-hydrogen) atoms. The fourth-order valence-electron chi connectivity index (χ4n) is 1.50. The molecule has 0 unspecified atom stereocenters. The molecule has 0 radical (unpaired) electrons. The quantitative estimate of drug-likeness (QED) is 0.784. The van der Waals surface area contributed by atoms with E-state index >= 15 is 0 Å². The van der Waals surface area contributed by atoms with Crippen LogP contribution in [0.25, 0.3) is 0 Å². The van der Waals surface area contributed by atoms with Crippen molar-refractivity contribution in [3.05, 3.63) is 5.89 Å². The SMILES string of the molecule is CCC(CC)c1nnc(NC2CC2)o1. The molecule has 1 heterocycles. The molecule has 0 saturated heterocycles. The monoisotopic (exact) mass is 195 g/mol. The summed E-state index contributed by atoms with van der Waals surface area (Å²) in [5.41, 5.74) is 0. The number of hydrogen-bond donors (Lipinski definition) is 1. The maximum Gasteiger partial charge on any atom is 0.315 e. The van der Waals surface area contributed by atoms with Crippen LogP contribution < -0.4 is 5.32 Å². The molecular weight excluding hydrogens is 178 g/mol. The first kappa shape index (κ1) is 9.49. The van der Waals surface area contributed by atoms with Crippen LogP contribution in [0.3, 0.4) is 0 Å². The predicted molar refractivity (Wildman–Crippen MR) is 54.3 cm³/mol. The van der Waals surface area contributed by atoms with Crippen molar-refractivity contribution in [2.75, 3.05) is 5.32 Å². The minimum atomic E-state index is 0.414. The first-order valence-electron chi connectivity index (χ1n) is 5.43. The second-order valence-corrected chi connectivity index (χ2v) is 3.88. The number of hydrogen-bond acceptors (Lipinski definition) is 4. The Morgan fingerprint density at radius 1 is 1.36 bits per heavy atom. The molecule has 0 spiro atoms. The number of rotatable bonds is 5. The molecule has 2 rings (SSSR count). The average molecular weight is 195 g/mol. The van der Waals surface area contributed by atoms with E-state index < -0.39 is 0 Å². The topological polar surface area (TPSA) is 51.0 Å². The van der Waals surface area contributed by atoms with Gasteiger partial charge in [-0.15, -0.1) is 5.10 Å². The molecule has 0 aliphatic heterocycles. The normalized spacial score (nSPS) is 16.2. The average Bonchev–Trinajstić information content (AvgIpc) is 2.88. The Kier molecular flexibility index (Phi) is 2.70. The third kappa shape index (κ3) is 2.05. The van der Waals surface area contributed by atoms with Crippen LogP contribution in [0.4, 0.5) is 6.01 Å². The number of anilines is 1. The molecule has 0 aromatic carbocycles. The van der Waals surface area contributed by atoms with Gasteiger partial charge in [-0.3, -0.25) is 0 Å². The maximum absolute atomic E-state index is 5.55. The van der Waals surface area contributed by atoms with Crippen molar-refractivity contribution in [2.24, 2.45) is 0 Å². The van der Waals surface area contributed by atoms with E-state index in [1.807, 2.05) is 0 Å². The molecule has 0 bridgehead atoms. The van der Waals surface area contributed by atoms with E-state index in [1.165, 1.54) is 12.8 Å². The van der Waals surface area contributed by atoms with Crippen LogP contribution in [0.15, 0.2) is 4.42 Å².